The second-order valence-corrected chi connectivity index (χ2v) is 33.6. The molecular weight excluding hydrogens is 805 g/mol. The van der Waals surface area contributed by atoms with Gasteiger partial charge in [-0.1, -0.05) is 256 Å². The number of hydrogen-bond acceptors (Lipinski definition) is 1. The minimum atomic E-state index is -2.28. The highest BCUT2D eigenvalue weighted by Gasteiger charge is 2.47. The third-order valence-electron chi connectivity index (χ3n) is 13.8. The maximum absolute atomic E-state index is 4.44. The minimum Gasteiger partial charge on any atom is -0.249 e. The molecule has 0 saturated carbocycles. The molecule has 2 atom stereocenters. The van der Waals surface area contributed by atoms with Crippen LogP contribution in [-0.4, -0.2) is 16.1 Å². The fourth-order valence-corrected chi connectivity index (χ4v) is 29.1. The van der Waals surface area contributed by atoms with Crippen LogP contribution in [0.1, 0.15) is 130 Å². The molecule has 0 bridgehead atoms. The van der Waals surface area contributed by atoms with E-state index in [1.54, 1.807) is 10.4 Å². The van der Waals surface area contributed by atoms with Crippen molar-refractivity contribution >= 4 is 63.5 Å². The number of anilines is 1. The summed E-state index contributed by atoms with van der Waals surface area (Å²) in [4.78, 5) is 0. The molecule has 0 aromatic heterocycles. The first-order valence-corrected chi connectivity index (χ1v) is 33.5. The number of rotatable bonds is 27. The smallest absolute Gasteiger partial charge is 0.186 e. The van der Waals surface area contributed by atoms with Gasteiger partial charge < -0.3 is 0 Å². The molecule has 0 aliphatic heterocycles. The lowest BCUT2D eigenvalue weighted by atomic mass is 10.0. The molecule has 61 heavy (non-hydrogen) atoms. The van der Waals surface area contributed by atoms with Crippen LogP contribution < -0.4 is 31.4 Å². The second-order valence-electron chi connectivity index (χ2n) is 18.4. The van der Waals surface area contributed by atoms with Crippen LogP contribution in [0.3, 0.4) is 0 Å². The van der Waals surface area contributed by atoms with Crippen molar-refractivity contribution in [3.63, 3.8) is 0 Å². The Bertz CT molecular complexity index is 1990. The van der Waals surface area contributed by atoms with Crippen LogP contribution in [-0.2, 0) is 0 Å². The van der Waals surface area contributed by atoms with Gasteiger partial charge in [0.05, 0.1) is 21.8 Å². The third-order valence-corrected chi connectivity index (χ3v) is 32.2. The topological polar surface area (TPSA) is 12.0 Å². The predicted octanol–water partition coefficient (Wildman–Crippen LogP) is 16.0. The summed E-state index contributed by atoms with van der Waals surface area (Å²) in [5.41, 5.74) is 6.86. The summed E-state index contributed by atoms with van der Waals surface area (Å²) in [6, 6.07) is 56.8. The molecule has 5 aromatic rings. The Kier molecular flexibility index (Phi) is 20.1. The number of nitrogens with one attached hydrogen (secondary N) is 1. The Morgan fingerprint density at radius 3 is 1.38 bits per heavy atom. The first-order chi connectivity index (χ1) is 29.7. The first-order valence-electron chi connectivity index (χ1n) is 24.6. The van der Waals surface area contributed by atoms with Gasteiger partial charge in [0.25, 0.3) is 0 Å². The number of para-hydroxylation sites is 1. The van der Waals surface area contributed by atoms with Crippen LogP contribution in [0.15, 0.2) is 121 Å². The van der Waals surface area contributed by atoms with E-state index >= 15 is 0 Å². The lowest BCUT2D eigenvalue weighted by Crippen LogP contribution is -2.48. The van der Waals surface area contributed by atoms with Gasteiger partial charge in [0.1, 0.15) is 18.9 Å². The lowest BCUT2D eigenvalue weighted by Gasteiger charge is -2.35. The summed E-state index contributed by atoms with van der Waals surface area (Å²) in [6.45, 7) is 19.0. The molecule has 0 amide bonds. The van der Waals surface area contributed by atoms with Gasteiger partial charge in [-0.2, -0.15) is 0 Å². The summed E-state index contributed by atoms with van der Waals surface area (Å²) in [7, 11) is -5.15. The molecular formula is C56H82NP2Si2+. The zero-order valence-electron chi connectivity index (χ0n) is 39.7. The van der Waals surface area contributed by atoms with Crippen LogP contribution in [0.5, 0.6) is 0 Å². The quantitative estimate of drug-likeness (QED) is 0.0409. The summed E-state index contributed by atoms with van der Waals surface area (Å²) in [5, 5.41) is 12.3. The average molecular weight is 887 g/mol. The highest BCUT2D eigenvalue weighted by molar-refractivity contribution is 8.41. The molecule has 1 N–H and O–H groups in total. The zero-order chi connectivity index (χ0) is 43.6. The zero-order valence-corrected chi connectivity index (χ0v) is 43.6. The highest BCUT2D eigenvalue weighted by atomic mass is 32.1. The van der Waals surface area contributed by atoms with E-state index in [1.807, 2.05) is 0 Å². The van der Waals surface area contributed by atoms with Gasteiger partial charge in [0, 0.05) is 5.30 Å². The van der Waals surface area contributed by atoms with Crippen LogP contribution in [0.4, 0.5) is 5.69 Å². The lowest BCUT2D eigenvalue weighted by molar-refractivity contribution is 0.800. The van der Waals surface area contributed by atoms with Crippen molar-refractivity contribution in [2.45, 2.75) is 169 Å². The van der Waals surface area contributed by atoms with E-state index in [1.165, 1.54) is 157 Å². The average Bonchev–Trinajstić information content (AvgIpc) is 3.29. The van der Waals surface area contributed by atoms with Gasteiger partial charge in [-0.3, -0.25) is 0 Å². The fraction of sp³-hybridized carbons (Fsp3) is 0.464. The van der Waals surface area contributed by atoms with Crippen LogP contribution in [0.25, 0.3) is 11.1 Å². The number of benzene rings is 5. The van der Waals surface area contributed by atoms with Gasteiger partial charge >= 0.3 is 0 Å². The van der Waals surface area contributed by atoms with Crippen molar-refractivity contribution in [2.75, 3.05) is 5.09 Å². The van der Waals surface area contributed by atoms with Crippen molar-refractivity contribution < 1.29 is 0 Å². The molecule has 1 nitrogen and oxygen atoms in total. The minimum absolute atomic E-state index is 0.557. The predicted molar refractivity (Wildman–Crippen MR) is 288 cm³/mol. The summed E-state index contributed by atoms with van der Waals surface area (Å²) in [5.74, 6) is 0. The van der Waals surface area contributed by atoms with E-state index < -0.39 is 23.2 Å². The third kappa shape index (κ3) is 12.5. The van der Waals surface area contributed by atoms with E-state index in [4.69, 9.17) is 0 Å². The fourth-order valence-electron chi connectivity index (χ4n) is 10.1. The molecule has 0 spiro atoms. The van der Waals surface area contributed by atoms with Crippen molar-refractivity contribution in [1.82, 2.24) is 0 Å². The van der Waals surface area contributed by atoms with Gasteiger partial charge in [0.15, 0.2) is 7.10 Å². The van der Waals surface area contributed by atoms with Crippen molar-refractivity contribution in [3.8, 4) is 11.1 Å². The molecule has 0 fully saturated rings. The largest absolute Gasteiger partial charge is 0.249 e. The van der Waals surface area contributed by atoms with Crippen molar-refractivity contribution in [3.05, 3.63) is 132 Å². The van der Waals surface area contributed by atoms with E-state index in [2.05, 4.69) is 182 Å². The Hall–Kier alpha value is -2.81. The monoisotopic (exact) mass is 887 g/mol. The first kappa shape index (κ1) is 49.2. The molecule has 0 aliphatic carbocycles. The van der Waals surface area contributed by atoms with Crippen molar-refractivity contribution in [1.29, 1.82) is 0 Å². The molecule has 0 saturated heterocycles. The molecule has 0 aliphatic rings. The molecule has 0 radical (unpaired) electrons. The molecule has 328 valence electrons. The standard InChI is InChI=1S/C56H82NP2Si2/c1-9-15-40-60(41-16-10-2,42-17-11-3)51-36-34-50(35-37-51)59(56-33-27-25-29-48(56)8,57-49-30-22-21-23-31-49)58-55-39-38-52(46-54(55)53-32-26-24-28-47(53)7)61(43-18-12-4,44-19-13-5)45-20-14-6/h21-39,46,57-58H,9-20,40-45H2,1-8H3/q+1. The SMILES string of the molecule is CCCC[Si](CCCC)(CCCC)c1ccc([P+](Nc2ccccc2)(Pc2ccc([Si](CCCC)(CCCC)CCCC)cc2-c2ccccc2C)c2ccccc2C)cc1. The summed E-state index contributed by atoms with van der Waals surface area (Å²) >= 11 is 0. The Morgan fingerprint density at radius 2 is 0.885 bits per heavy atom. The Balaban J connectivity index is 1.80. The van der Waals surface area contributed by atoms with Crippen molar-refractivity contribution in [2.24, 2.45) is 0 Å². The molecule has 5 heteroatoms. The van der Waals surface area contributed by atoms with E-state index in [0.717, 1.165) is 0 Å². The molecule has 2 unspecified atom stereocenters. The second kappa shape index (κ2) is 24.9. The number of aryl methyl sites for hydroxylation is 2. The summed E-state index contributed by atoms with van der Waals surface area (Å²) in [6.07, 6.45) is 15.8. The Morgan fingerprint density at radius 1 is 0.443 bits per heavy atom. The number of hydrogen-bond donors (Lipinski definition) is 1. The Labute approximate surface area is 378 Å². The normalized spacial score (nSPS) is 13.2. The van der Waals surface area contributed by atoms with Crippen LogP contribution in [0, 0.1) is 13.8 Å². The van der Waals surface area contributed by atoms with Crippen LogP contribution >= 0.6 is 15.4 Å². The summed E-state index contributed by atoms with van der Waals surface area (Å²) < 4.78 is 0. The molecule has 5 aromatic carbocycles. The van der Waals surface area contributed by atoms with Gasteiger partial charge in [-0.25, -0.2) is 5.09 Å². The van der Waals surface area contributed by atoms with E-state index in [0.29, 0.717) is 8.27 Å². The van der Waals surface area contributed by atoms with Gasteiger partial charge in [-0.05, 0) is 66.4 Å². The van der Waals surface area contributed by atoms with E-state index in [9.17, 15) is 0 Å². The number of unbranched alkanes of at least 4 members (excludes halogenated alkanes) is 6. The highest BCUT2D eigenvalue weighted by Crippen LogP contribution is 2.71. The molecule has 0 heterocycles. The molecule has 5 rings (SSSR count). The van der Waals surface area contributed by atoms with Gasteiger partial charge in [0.2, 0.25) is 0 Å². The van der Waals surface area contributed by atoms with E-state index in [-0.39, 0.29) is 0 Å². The van der Waals surface area contributed by atoms with Gasteiger partial charge in [-0.15, -0.1) is 0 Å². The maximum Gasteiger partial charge on any atom is 0.186 e. The maximum atomic E-state index is 4.44. The van der Waals surface area contributed by atoms with Crippen LogP contribution in [0.2, 0.25) is 36.3 Å².